The van der Waals surface area contributed by atoms with E-state index in [1.54, 1.807) is 36.2 Å². The van der Waals surface area contributed by atoms with Crippen molar-refractivity contribution in [3.63, 3.8) is 0 Å². The molecule has 0 bridgehead atoms. The summed E-state index contributed by atoms with van der Waals surface area (Å²) in [6, 6.07) is 14.4. The summed E-state index contributed by atoms with van der Waals surface area (Å²) in [6.07, 6.45) is 2.50. The Hall–Kier alpha value is -2.75. The van der Waals surface area contributed by atoms with Gasteiger partial charge in [0.25, 0.3) is 0 Å². The topological polar surface area (TPSA) is 52.6 Å². The number of carbonyl (C=O) groups excluding carboxylic acids is 2. The number of rotatable bonds is 6. The SMILES string of the molecule is B=Cc1ccc(OC(=O)C2CCC(C(=O)Oc3ccc(C=B)cc3)CC2)cc1. The normalized spacial score (nSPS) is 18.6. The molecular weight excluding hydrogens is 350 g/mol. The van der Waals surface area contributed by atoms with Crippen LogP contribution in [0.2, 0.25) is 0 Å². The third-order valence-corrected chi connectivity index (χ3v) is 5.06. The van der Waals surface area contributed by atoms with E-state index >= 15 is 0 Å². The Morgan fingerprint density at radius 3 is 1.29 bits per heavy atom. The van der Waals surface area contributed by atoms with Gasteiger partial charge < -0.3 is 0 Å². The molecule has 1 aliphatic carbocycles. The van der Waals surface area contributed by atoms with Gasteiger partial charge in [0.05, 0.1) is 0 Å². The van der Waals surface area contributed by atoms with Crippen LogP contribution >= 0.6 is 0 Å². The van der Waals surface area contributed by atoms with E-state index < -0.39 is 0 Å². The molecule has 0 radical (unpaired) electrons. The first kappa shape index (κ1) is 20.0. The number of hydrogen-bond donors (Lipinski definition) is 0. The van der Waals surface area contributed by atoms with E-state index in [1.807, 2.05) is 24.3 Å². The fourth-order valence-electron chi connectivity index (χ4n) is 3.31. The monoisotopic (exact) mass is 372 g/mol. The van der Waals surface area contributed by atoms with Gasteiger partial charge in [-0.25, -0.2) is 0 Å². The summed E-state index contributed by atoms with van der Waals surface area (Å²) < 4.78 is 10.9. The van der Waals surface area contributed by atoms with E-state index in [-0.39, 0.29) is 23.8 Å². The molecule has 28 heavy (non-hydrogen) atoms. The zero-order chi connectivity index (χ0) is 19.9. The number of hydrogen-bond acceptors (Lipinski definition) is 4. The van der Waals surface area contributed by atoms with Gasteiger partial charge in [0.2, 0.25) is 0 Å². The van der Waals surface area contributed by atoms with Crippen LogP contribution in [0.15, 0.2) is 48.5 Å². The zero-order valence-electron chi connectivity index (χ0n) is 15.8. The second-order valence-corrected chi connectivity index (χ2v) is 6.94. The first-order valence-electron chi connectivity index (χ1n) is 9.47. The molecule has 1 aliphatic rings. The van der Waals surface area contributed by atoms with Crippen LogP contribution in [-0.4, -0.2) is 38.8 Å². The van der Waals surface area contributed by atoms with E-state index in [0.29, 0.717) is 37.2 Å². The van der Waals surface area contributed by atoms with Crippen molar-refractivity contribution in [2.24, 2.45) is 11.8 Å². The van der Waals surface area contributed by atoms with Crippen LogP contribution in [0.25, 0.3) is 0 Å². The summed E-state index contributed by atoms with van der Waals surface area (Å²) in [4.78, 5) is 24.8. The van der Waals surface area contributed by atoms with Gasteiger partial charge in [0, 0.05) is 0 Å². The standard InChI is InChI=1S/C22H22B2O4/c23-13-15-1-9-19(10-2-15)27-21(25)17-5-7-18(8-6-17)22(26)28-20-11-3-16(14-24)4-12-20/h1-4,9-14,17-18,23-24H,5-8H2. The summed E-state index contributed by atoms with van der Waals surface area (Å²) in [5, 5.41) is 0. The van der Waals surface area contributed by atoms with Crippen LogP contribution in [0.5, 0.6) is 11.5 Å². The molecule has 0 heterocycles. The minimum absolute atomic E-state index is 0.185. The molecular formula is C22H22B2O4. The van der Waals surface area contributed by atoms with Gasteiger partial charge in [-0.15, -0.1) is 0 Å². The Morgan fingerprint density at radius 1 is 0.679 bits per heavy atom. The van der Waals surface area contributed by atoms with Crippen LogP contribution in [0, 0.1) is 11.8 Å². The molecule has 0 unspecified atom stereocenters. The van der Waals surface area contributed by atoms with Crippen molar-refractivity contribution >= 4 is 38.8 Å². The number of esters is 2. The fraction of sp³-hybridized carbons (Fsp3) is 0.273. The quantitative estimate of drug-likeness (QED) is 0.443. The Bertz CT molecular complexity index is 778. The van der Waals surface area contributed by atoms with Crippen LogP contribution in [0.4, 0.5) is 0 Å². The fourth-order valence-corrected chi connectivity index (χ4v) is 3.31. The Kier molecular flexibility index (Phi) is 6.75. The number of benzene rings is 2. The third-order valence-electron chi connectivity index (χ3n) is 5.06. The van der Waals surface area contributed by atoms with E-state index in [1.165, 1.54) is 0 Å². The molecule has 1 saturated carbocycles. The van der Waals surface area contributed by atoms with Gasteiger partial charge in [-0.3, -0.25) is 0 Å². The first-order chi connectivity index (χ1) is 13.6. The maximum absolute atomic E-state index is 12.4. The molecule has 0 N–H and O–H groups in total. The van der Waals surface area contributed by atoms with Crippen molar-refractivity contribution in [3.8, 4) is 11.5 Å². The second kappa shape index (κ2) is 9.45. The molecule has 0 spiro atoms. The van der Waals surface area contributed by atoms with Crippen LogP contribution in [-0.2, 0) is 9.59 Å². The Labute approximate surface area is 167 Å². The predicted octanol–water partition coefficient (Wildman–Crippen LogP) is 2.11. The summed E-state index contributed by atoms with van der Waals surface area (Å²) in [7, 11) is 7.40. The molecule has 1 fully saturated rings. The third kappa shape index (κ3) is 5.16. The summed E-state index contributed by atoms with van der Waals surface area (Å²) in [5.41, 5.74) is 1.94. The van der Waals surface area contributed by atoms with Gasteiger partial charge in [0.1, 0.15) is 0 Å². The summed E-state index contributed by atoms with van der Waals surface area (Å²) in [6.45, 7) is 0. The molecule has 0 atom stereocenters. The van der Waals surface area contributed by atoms with E-state index in [2.05, 4.69) is 15.0 Å². The van der Waals surface area contributed by atoms with Gasteiger partial charge >= 0.3 is 167 Å². The molecule has 4 nitrogen and oxygen atoms in total. The molecule has 3 rings (SSSR count). The average molecular weight is 372 g/mol. The van der Waals surface area contributed by atoms with Crippen molar-refractivity contribution in [2.45, 2.75) is 25.7 Å². The van der Waals surface area contributed by atoms with E-state index in [9.17, 15) is 9.59 Å². The van der Waals surface area contributed by atoms with Crippen molar-refractivity contribution in [1.29, 1.82) is 0 Å². The van der Waals surface area contributed by atoms with Crippen molar-refractivity contribution in [3.05, 3.63) is 59.7 Å². The van der Waals surface area contributed by atoms with Gasteiger partial charge in [-0.1, -0.05) is 0 Å². The van der Waals surface area contributed by atoms with E-state index in [4.69, 9.17) is 9.47 Å². The minimum atomic E-state index is -0.238. The van der Waals surface area contributed by atoms with Crippen LogP contribution in [0.3, 0.4) is 0 Å². The van der Waals surface area contributed by atoms with Gasteiger partial charge in [0.15, 0.2) is 0 Å². The zero-order valence-corrected chi connectivity index (χ0v) is 15.8. The van der Waals surface area contributed by atoms with Crippen molar-refractivity contribution < 1.29 is 19.1 Å². The molecule has 0 aliphatic heterocycles. The molecule has 0 amide bonds. The molecule has 0 aromatic heterocycles. The van der Waals surface area contributed by atoms with Gasteiger partial charge in [-0.2, -0.15) is 0 Å². The number of carbonyl (C=O) groups is 2. The van der Waals surface area contributed by atoms with Crippen LogP contribution in [0.1, 0.15) is 36.8 Å². The maximum atomic E-state index is 12.4. The van der Waals surface area contributed by atoms with Crippen LogP contribution < -0.4 is 9.47 Å². The summed E-state index contributed by atoms with van der Waals surface area (Å²) >= 11 is 0. The number of ether oxygens (including phenoxy) is 2. The summed E-state index contributed by atoms with van der Waals surface area (Å²) in [5.74, 6) is 3.68. The van der Waals surface area contributed by atoms with E-state index in [0.717, 1.165) is 11.1 Å². The molecule has 6 heteroatoms. The first-order valence-corrected chi connectivity index (χ1v) is 9.47. The Balaban J connectivity index is 1.48. The Morgan fingerprint density at radius 2 is 1.00 bits per heavy atom. The molecule has 0 saturated heterocycles. The molecule has 2 aromatic carbocycles. The second-order valence-electron chi connectivity index (χ2n) is 6.94. The van der Waals surface area contributed by atoms with Gasteiger partial charge in [-0.05, 0) is 0 Å². The predicted molar refractivity (Wildman–Crippen MR) is 114 cm³/mol. The average Bonchev–Trinajstić information content (AvgIpc) is 2.75. The van der Waals surface area contributed by atoms with Crippen molar-refractivity contribution in [1.82, 2.24) is 0 Å². The van der Waals surface area contributed by atoms with Crippen molar-refractivity contribution in [2.75, 3.05) is 0 Å². The molecule has 2 aromatic rings. The molecule has 140 valence electrons.